The summed E-state index contributed by atoms with van der Waals surface area (Å²) in [6.45, 7) is -0.354. The summed E-state index contributed by atoms with van der Waals surface area (Å²) in [6, 6.07) is 6.14. The molecule has 0 aliphatic carbocycles. The number of nitrogens with zero attached hydrogens (tertiary/aromatic N) is 2. The summed E-state index contributed by atoms with van der Waals surface area (Å²) in [4.78, 5) is 24.2. The number of amides is 1. The van der Waals surface area contributed by atoms with Crippen molar-refractivity contribution in [3.63, 3.8) is 0 Å². The van der Waals surface area contributed by atoms with E-state index in [9.17, 15) is 22.4 Å². The van der Waals surface area contributed by atoms with Crippen LogP contribution < -0.4 is 15.6 Å². The van der Waals surface area contributed by atoms with E-state index in [0.29, 0.717) is 17.7 Å². The Morgan fingerprint density at radius 3 is 2.81 bits per heavy atom. The van der Waals surface area contributed by atoms with Gasteiger partial charge in [-0.2, -0.15) is 5.10 Å². The molecule has 1 aliphatic heterocycles. The third-order valence-corrected chi connectivity index (χ3v) is 5.97. The molecule has 1 atom stereocenters. The minimum Gasteiger partial charge on any atom is -0.496 e. The maximum atomic E-state index is 13.4. The molecular formula is C17H18FN3O5S. The maximum absolute atomic E-state index is 13.4. The number of hydrogen-bond donors (Lipinski definition) is 1. The van der Waals surface area contributed by atoms with Crippen molar-refractivity contribution in [2.45, 2.75) is 19.0 Å². The Morgan fingerprint density at radius 1 is 1.37 bits per heavy atom. The minimum absolute atomic E-state index is 0.0377. The molecule has 0 radical (unpaired) electrons. The van der Waals surface area contributed by atoms with Gasteiger partial charge in [0.15, 0.2) is 9.84 Å². The predicted octanol–water partition coefficient (Wildman–Crippen LogP) is 0.361. The van der Waals surface area contributed by atoms with E-state index in [1.54, 1.807) is 0 Å². The highest BCUT2D eigenvalue weighted by Crippen LogP contribution is 2.28. The number of hydrogen-bond acceptors (Lipinski definition) is 6. The van der Waals surface area contributed by atoms with Gasteiger partial charge in [0.05, 0.1) is 24.3 Å². The molecule has 1 aliphatic rings. The average molecular weight is 395 g/mol. The van der Waals surface area contributed by atoms with E-state index in [2.05, 4.69) is 10.4 Å². The Balaban J connectivity index is 1.80. The Hall–Kier alpha value is -2.75. The molecule has 0 unspecified atom stereocenters. The maximum Gasteiger partial charge on any atom is 0.267 e. The highest BCUT2D eigenvalue weighted by molar-refractivity contribution is 7.91. The first-order chi connectivity index (χ1) is 12.8. The first kappa shape index (κ1) is 19.0. The number of rotatable bonds is 5. The largest absolute Gasteiger partial charge is 0.496 e. The second-order valence-corrected chi connectivity index (χ2v) is 8.46. The molecule has 3 rings (SSSR count). The zero-order valence-corrected chi connectivity index (χ0v) is 15.3. The highest BCUT2D eigenvalue weighted by atomic mass is 32.2. The molecule has 0 saturated carbocycles. The van der Waals surface area contributed by atoms with Crippen molar-refractivity contribution >= 4 is 15.7 Å². The Bertz CT molecular complexity index is 1040. The van der Waals surface area contributed by atoms with Crippen LogP contribution in [-0.4, -0.2) is 48.8 Å². The highest BCUT2D eigenvalue weighted by Gasteiger charge is 2.29. The number of carbonyl (C=O) groups excluding carboxylic acids is 1. The van der Waals surface area contributed by atoms with E-state index in [0.717, 1.165) is 4.68 Å². The SMILES string of the molecule is COc1cc(F)ccc1-c1ccc(=O)n(CC(=O)N[C@@H]2CCS(=O)(=O)C2)n1. The zero-order chi connectivity index (χ0) is 19.6. The normalized spacial score (nSPS) is 18.2. The van der Waals surface area contributed by atoms with Gasteiger partial charge in [0, 0.05) is 23.7 Å². The molecule has 8 nitrogen and oxygen atoms in total. The second-order valence-electron chi connectivity index (χ2n) is 6.23. The topological polar surface area (TPSA) is 107 Å². The van der Waals surface area contributed by atoms with Gasteiger partial charge < -0.3 is 10.1 Å². The third-order valence-electron chi connectivity index (χ3n) is 4.20. The number of aromatic nitrogens is 2. The standard InChI is InChI=1S/C17H18FN3O5S/c1-26-15-8-11(18)2-3-13(15)14-4-5-17(23)21(20-14)9-16(22)19-12-6-7-27(24,25)10-12/h2-5,8,12H,6-7,9-10H2,1H3,(H,19,22)/t12-/m1/s1. The lowest BCUT2D eigenvalue weighted by molar-refractivity contribution is -0.122. The molecule has 1 N–H and O–H groups in total. The van der Waals surface area contributed by atoms with Gasteiger partial charge in [-0.15, -0.1) is 0 Å². The second kappa shape index (κ2) is 7.47. The molecule has 27 heavy (non-hydrogen) atoms. The fourth-order valence-corrected chi connectivity index (χ4v) is 4.57. The monoisotopic (exact) mass is 395 g/mol. The molecule has 1 aromatic heterocycles. The van der Waals surface area contributed by atoms with Crippen molar-refractivity contribution in [1.29, 1.82) is 0 Å². The average Bonchev–Trinajstić information content (AvgIpc) is 2.95. The van der Waals surface area contributed by atoms with Crippen LogP contribution in [0.3, 0.4) is 0 Å². The molecule has 1 saturated heterocycles. The number of sulfone groups is 1. The van der Waals surface area contributed by atoms with Crippen LogP contribution in [0.5, 0.6) is 5.75 Å². The van der Waals surface area contributed by atoms with Gasteiger partial charge in [-0.05, 0) is 24.6 Å². The van der Waals surface area contributed by atoms with E-state index in [1.165, 1.54) is 37.4 Å². The number of carbonyl (C=O) groups is 1. The zero-order valence-electron chi connectivity index (χ0n) is 14.5. The van der Waals surface area contributed by atoms with E-state index in [1.807, 2.05) is 0 Å². The number of nitrogens with one attached hydrogen (secondary N) is 1. The lowest BCUT2D eigenvalue weighted by Crippen LogP contribution is -2.40. The molecule has 2 aromatic rings. The summed E-state index contributed by atoms with van der Waals surface area (Å²) in [5, 5.41) is 6.75. The summed E-state index contributed by atoms with van der Waals surface area (Å²) in [5.74, 6) is -0.804. The first-order valence-corrected chi connectivity index (χ1v) is 10.0. The predicted molar refractivity (Wildman–Crippen MR) is 95.6 cm³/mol. The van der Waals surface area contributed by atoms with E-state index >= 15 is 0 Å². The Labute approximate surface area is 154 Å². The van der Waals surface area contributed by atoms with E-state index in [4.69, 9.17) is 4.74 Å². The van der Waals surface area contributed by atoms with E-state index in [-0.39, 0.29) is 23.8 Å². The molecule has 144 valence electrons. The number of methoxy groups -OCH3 is 1. The van der Waals surface area contributed by atoms with Gasteiger partial charge >= 0.3 is 0 Å². The van der Waals surface area contributed by atoms with Crippen LogP contribution >= 0.6 is 0 Å². The number of benzene rings is 1. The Kier molecular flexibility index (Phi) is 5.26. The van der Waals surface area contributed by atoms with Crippen LogP contribution in [0.1, 0.15) is 6.42 Å². The van der Waals surface area contributed by atoms with Crippen LogP contribution in [0.4, 0.5) is 4.39 Å². The van der Waals surface area contributed by atoms with Crippen LogP contribution in [0.15, 0.2) is 35.1 Å². The molecule has 2 heterocycles. The molecule has 1 fully saturated rings. The van der Waals surface area contributed by atoms with Gasteiger partial charge in [0.25, 0.3) is 5.56 Å². The van der Waals surface area contributed by atoms with Crippen molar-refractivity contribution in [2.75, 3.05) is 18.6 Å². The molecule has 0 spiro atoms. The summed E-state index contributed by atoms with van der Waals surface area (Å²) in [7, 11) is -1.73. The fraction of sp³-hybridized carbons (Fsp3) is 0.353. The molecule has 1 aromatic carbocycles. The smallest absolute Gasteiger partial charge is 0.267 e. The summed E-state index contributed by atoms with van der Waals surface area (Å²) in [6.07, 6.45) is 0.350. The van der Waals surface area contributed by atoms with Crippen LogP contribution in [0.2, 0.25) is 0 Å². The third kappa shape index (κ3) is 4.51. The van der Waals surface area contributed by atoms with Gasteiger partial charge in [-0.3, -0.25) is 9.59 Å². The molecule has 1 amide bonds. The van der Waals surface area contributed by atoms with Crippen LogP contribution in [0.25, 0.3) is 11.3 Å². The van der Waals surface area contributed by atoms with Gasteiger partial charge in [0.2, 0.25) is 5.91 Å². The summed E-state index contributed by atoms with van der Waals surface area (Å²) in [5.41, 5.74) is 0.312. The fourth-order valence-electron chi connectivity index (χ4n) is 2.90. The number of ether oxygens (including phenoxy) is 1. The summed E-state index contributed by atoms with van der Waals surface area (Å²) < 4.78 is 42.4. The van der Waals surface area contributed by atoms with Crippen molar-refractivity contribution in [3.8, 4) is 17.0 Å². The van der Waals surface area contributed by atoms with Gasteiger partial charge in [-0.25, -0.2) is 17.5 Å². The van der Waals surface area contributed by atoms with Crippen LogP contribution in [0, 0.1) is 5.82 Å². The Morgan fingerprint density at radius 2 is 2.15 bits per heavy atom. The number of halogens is 1. The lowest BCUT2D eigenvalue weighted by atomic mass is 10.1. The minimum atomic E-state index is -3.12. The molecule has 0 bridgehead atoms. The van der Waals surface area contributed by atoms with Crippen LogP contribution in [-0.2, 0) is 21.2 Å². The first-order valence-electron chi connectivity index (χ1n) is 8.19. The van der Waals surface area contributed by atoms with Crippen molar-refractivity contribution in [3.05, 3.63) is 46.5 Å². The lowest BCUT2D eigenvalue weighted by Gasteiger charge is -2.13. The van der Waals surface area contributed by atoms with Crippen molar-refractivity contribution in [2.24, 2.45) is 0 Å². The molecule has 10 heteroatoms. The van der Waals surface area contributed by atoms with Gasteiger partial charge in [-0.1, -0.05) is 0 Å². The van der Waals surface area contributed by atoms with Crippen molar-refractivity contribution < 1.29 is 22.3 Å². The van der Waals surface area contributed by atoms with Crippen molar-refractivity contribution in [1.82, 2.24) is 15.1 Å². The molecular weight excluding hydrogens is 377 g/mol. The summed E-state index contributed by atoms with van der Waals surface area (Å²) >= 11 is 0. The van der Waals surface area contributed by atoms with Gasteiger partial charge in [0.1, 0.15) is 18.1 Å². The van der Waals surface area contributed by atoms with E-state index < -0.39 is 33.2 Å². The quantitative estimate of drug-likeness (QED) is 0.783.